The average Bonchev–Trinajstić information content (AvgIpc) is 3.45. The first-order valence-corrected chi connectivity index (χ1v) is 11.2. The monoisotopic (exact) mass is 445 g/mol. The molecule has 32 heavy (non-hydrogen) atoms. The number of ether oxygens (including phenoxy) is 1. The molecule has 1 amide bonds. The number of rotatable bonds is 5. The van der Waals surface area contributed by atoms with Crippen molar-refractivity contribution in [2.45, 2.75) is 19.4 Å². The van der Waals surface area contributed by atoms with Crippen LogP contribution in [0.5, 0.6) is 5.75 Å². The minimum Gasteiger partial charge on any atom is -0.496 e. The molecule has 0 N–H and O–H groups in total. The second kappa shape index (κ2) is 9.25. The van der Waals surface area contributed by atoms with Crippen LogP contribution < -0.4 is 19.5 Å². The molecule has 0 saturated carbocycles. The maximum absolute atomic E-state index is 13.3. The Morgan fingerprint density at radius 3 is 2.69 bits per heavy atom. The summed E-state index contributed by atoms with van der Waals surface area (Å²) in [6.07, 6.45) is 5.23. The number of hydrogen-bond acceptors (Lipinski definition) is 5. The number of nitrogens with zero attached hydrogens (tertiary/aromatic N) is 3. The van der Waals surface area contributed by atoms with Gasteiger partial charge in [-0.3, -0.25) is 14.2 Å². The summed E-state index contributed by atoms with van der Waals surface area (Å²) in [5, 5.41) is 11.8. The Bertz CT molecular complexity index is 1420. The quantitative estimate of drug-likeness (QED) is 0.565. The van der Waals surface area contributed by atoms with Crippen LogP contribution in [0.25, 0.3) is 22.4 Å². The number of benzene rings is 2. The lowest BCUT2D eigenvalue weighted by atomic mass is 10.0. The van der Waals surface area contributed by atoms with Crippen LogP contribution in [0.4, 0.5) is 0 Å². The van der Waals surface area contributed by atoms with E-state index in [9.17, 15) is 14.9 Å². The Labute approximate surface area is 189 Å². The van der Waals surface area contributed by atoms with Gasteiger partial charge in [0, 0.05) is 25.2 Å². The number of thiazole rings is 1. The summed E-state index contributed by atoms with van der Waals surface area (Å²) in [5.74, 6) is 0.323. The van der Waals surface area contributed by atoms with E-state index in [-0.39, 0.29) is 23.6 Å². The van der Waals surface area contributed by atoms with E-state index in [4.69, 9.17) is 4.74 Å². The zero-order chi connectivity index (χ0) is 22.7. The van der Waals surface area contributed by atoms with Crippen LogP contribution in [0.1, 0.15) is 18.4 Å². The van der Waals surface area contributed by atoms with Crippen LogP contribution in [-0.4, -0.2) is 35.6 Å². The van der Waals surface area contributed by atoms with Gasteiger partial charge in [-0.2, -0.15) is 5.26 Å². The van der Waals surface area contributed by atoms with E-state index >= 15 is 0 Å². The van der Waals surface area contributed by atoms with Gasteiger partial charge in [0.2, 0.25) is 0 Å². The fourth-order valence-corrected chi connectivity index (χ4v) is 5.08. The first-order chi connectivity index (χ1) is 15.6. The summed E-state index contributed by atoms with van der Waals surface area (Å²) >= 11 is 1.15. The third-order valence-electron chi connectivity index (χ3n) is 5.58. The third-order valence-corrected chi connectivity index (χ3v) is 6.71. The van der Waals surface area contributed by atoms with E-state index in [1.165, 1.54) is 4.57 Å². The number of allylic oxidation sites excluding steroid dienone is 1. The largest absolute Gasteiger partial charge is 0.496 e. The number of carbonyl (C=O) groups excluding carboxylic acids is 1. The Balaban J connectivity index is 2.01. The predicted octanol–water partition coefficient (Wildman–Crippen LogP) is 2.38. The van der Waals surface area contributed by atoms with Crippen LogP contribution >= 0.6 is 11.3 Å². The smallest absolute Gasteiger partial charge is 0.269 e. The van der Waals surface area contributed by atoms with Crippen molar-refractivity contribution in [2.75, 3.05) is 20.2 Å². The van der Waals surface area contributed by atoms with Crippen molar-refractivity contribution in [1.29, 1.82) is 5.26 Å². The number of nitriles is 1. The first kappa shape index (κ1) is 21.6. The van der Waals surface area contributed by atoms with Gasteiger partial charge in [0.25, 0.3) is 11.5 Å². The van der Waals surface area contributed by atoms with Crippen molar-refractivity contribution in [3.63, 3.8) is 0 Å². The predicted molar refractivity (Wildman–Crippen MR) is 127 cm³/mol. The van der Waals surface area contributed by atoms with Crippen molar-refractivity contribution in [3.05, 3.63) is 74.2 Å². The van der Waals surface area contributed by atoms with E-state index in [1.807, 2.05) is 36.4 Å². The van der Waals surface area contributed by atoms with E-state index in [0.29, 0.717) is 28.0 Å². The highest BCUT2D eigenvalue weighted by molar-refractivity contribution is 7.07. The van der Waals surface area contributed by atoms with Crippen LogP contribution in [0.2, 0.25) is 0 Å². The van der Waals surface area contributed by atoms with Gasteiger partial charge in [0.15, 0.2) is 5.57 Å². The highest BCUT2D eigenvalue weighted by atomic mass is 32.1. The molecule has 0 radical (unpaired) electrons. The molecule has 0 spiro atoms. The van der Waals surface area contributed by atoms with E-state index in [1.54, 1.807) is 24.2 Å². The molecule has 7 heteroatoms. The van der Waals surface area contributed by atoms with E-state index < -0.39 is 0 Å². The molecular formula is C25H23N3O3S. The molecule has 4 rings (SSSR count). The molecule has 1 saturated heterocycles. The van der Waals surface area contributed by atoms with Gasteiger partial charge in [0.05, 0.1) is 11.6 Å². The Hall–Kier alpha value is -3.63. The molecule has 1 fully saturated rings. The Kier molecular flexibility index (Phi) is 6.24. The summed E-state index contributed by atoms with van der Waals surface area (Å²) in [6.45, 7) is 5.21. The number of hydrogen-bond donors (Lipinski definition) is 0. The number of carbonyl (C=O) groups is 1. The van der Waals surface area contributed by atoms with Gasteiger partial charge in [-0.25, -0.2) is 0 Å². The summed E-state index contributed by atoms with van der Waals surface area (Å²) < 4.78 is 7.80. The van der Waals surface area contributed by atoms with Crippen molar-refractivity contribution in [3.8, 4) is 11.8 Å². The van der Waals surface area contributed by atoms with Gasteiger partial charge in [0.1, 0.15) is 16.5 Å². The van der Waals surface area contributed by atoms with Gasteiger partial charge >= 0.3 is 0 Å². The van der Waals surface area contributed by atoms with E-state index in [0.717, 1.165) is 40.5 Å². The number of aromatic nitrogens is 1. The molecule has 162 valence electrons. The molecule has 0 bridgehead atoms. The van der Waals surface area contributed by atoms with Crippen LogP contribution in [0, 0.1) is 11.3 Å². The summed E-state index contributed by atoms with van der Waals surface area (Å²) in [6, 6.07) is 13.8. The number of fused-ring (bicyclic) bond motifs is 1. The Morgan fingerprint density at radius 1 is 1.25 bits per heavy atom. The molecule has 2 aromatic carbocycles. The van der Waals surface area contributed by atoms with Gasteiger partial charge in [-0.1, -0.05) is 36.4 Å². The standard InChI is InChI=1S/C25H23N3O3S/c1-3-12-28-24(30)22(32-25(28)20(16-26)23(29)27-13-6-7-14-27)15-19-18-9-5-4-8-17(18)10-11-21(19)31-2/h3-5,8-11,15H,1,6-7,12-14H2,2H3/b22-15-,25-20-. The van der Waals surface area contributed by atoms with Crippen molar-refractivity contribution >= 4 is 39.7 Å². The third kappa shape index (κ3) is 3.85. The van der Waals surface area contributed by atoms with Crippen molar-refractivity contribution in [2.24, 2.45) is 0 Å². The second-order valence-corrected chi connectivity index (χ2v) is 8.54. The molecular weight excluding hydrogens is 422 g/mol. The molecule has 1 aromatic heterocycles. The van der Waals surface area contributed by atoms with Crippen LogP contribution in [0.3, 0.4) is 0 Å². The molecule has 0 aliphatic carbocycles. The maximum atomic E-state index is 13.3. The molecule has 1 aliphatic heterocycles. The average molecular weight is 446 g/mol. The summed E-state index contributed by atoms with van der Waals surface area (Å²) in [5.41, 5.74) is 0.521. The summed E-state index contributed by atoms with van der Waals surface area (Å²) in [7, 11) is 1.59. The highest BCUT2D eigenvalue weighted by Crippen LogP contribution is 2.28. The minimum absolute atomic E-state index is 0.000356. The van der Waals surface area contributed by atoms with Gasteiger partial charge in [-0.05, 0) is 35.8 Å². The normalized spacial score (nSPS) is 15.0. The number of methoxy groups -OCH3 is 1. The lowest BCUT2D eigenvalue weighted by Crippen LogP contribution is -2.35. The highest BCUT2D eigenvalue weighted by Gasteiger charge is 2.24. The van der Waals surface area contributed by atoms with Crippen LogP contribution in [0.15, 0.2) is 53.8 Å². The number of likely N-dealkylation sites (tertiary alicyclic amines) is 1. The lowest BCUT2D eigenvalue weighted by molar-refractivity contribution is -0.123. The molecule has 1 aliphatic rings. The summed E-state index contributed by atoms with van der Waals surface area (Å²) in [4.78, 5) is 28.0. The molecule has 6 nitrogen and oxygen atoms in total. The van der Waals surface area contributed by atoms with Crippen molar-refractivity contribution in [1.82, 2.24) is 9.47 Å². The van der Waals surface area contributed by atoms with Crippen molar-refractivity contribution < 1.29 is 9.53 Å². The lowest BCUT2D eigenvalue weighted by Gasteiger charge is -2.13. The SMILES string of the molecule is C=CCn1c(=O)/c(=C/c2c(OC)ccc3ccccc23)s/c1=C(/C#N)C(=O)N1CCCC1. The first-order valence-electron chi connectivity index (χ1n) is 10.4. The van der Waals surface area contributed by atoms with Gasteiger partial charge in [-0.15, -0.1) is 17.9 Å². The molecule has 3 aromatic rings. The second-order valence-electron chi connectivity index (χ2n) is 7.51. The van der Waals surface area contributed by atoms with Crippen LogP contribution in [-0.2, 0) is 11.3 Å². The number of amides is 1. The molecule has 0 atom stereocenters. The molecule has 0 unspecified atom stereocenters. The van der Waals surface area contributed by atoms with E-state index in [2.05, 4.69) is 12.6 Å². The maximum Gasteiger partial charge on any atom is 0.269 e. The Morgan fingerprint density at radius 2 is 2.00 bits per heavy atom. The topological polar surface area (TPSA) is 75.3 Å². The molecule has 2 heterocycles. The fraction of sp³-hybridized carbons (Fsp3) is 0.240. The zero-order valence-electron chi connectivity index (χ0n) is 17.8. The minimum atomic E-state index is -0.321. The fourth-order valence-electron chi connectivity index (χ4n) is 4.00. The zero-order valence-corrected chi connectivity index (χ0v) is 18.7. The van der Waals surface area contributed by atoms with Gasteiger partial charge < -0.3 is 9.64 Å².